The molecule has 0 aliphatic carbocycles. The Kier molecular flexibility index (Phi) is 6.00. The van der Waals surface area contributed by atoms with Crippen LogP contribution in [-0.4, -0.2) is 28.0 Å². The average molecular weight is 375 g/mol. The minimum atomic E-state index is -3.45. The summed E-state index contributed by atoms with van der Waals surface area (Å²) in [4.78, 5) is 12.5. The van der Waals surface area contributed by atoms with Gasteiger partial charge in [0.25, 0.3) is 5.91 Å². The highest BCUT2D eigenvalue weighted by Crippen LogP contribution is 2.23. The summed E-state index contributed by atoms with van der Waals surface area (Å²) < 4.78 is 31.0. The molecule has 0 saturated carbocycles. The van der Waals surface area contributed by atoms with Crippen molar-refractivity contribution in [3.05, 3.63) is 46.3 Å². The number of carbonyl (C=O) groups excluding carboxylic acids is 1. The number of sulfonamides is 1. The summed E-state index contributed by atoms with van der Waals surface area (Å²) in [6.45, 7) is 0.0609. The lowest BCUT2D eigenvalue weighted by molar-refractivity contribution is -0.123. The molecule has 2 aromatic rings. The number of rotatable bonds is 7. The Hall–Kier alpha value is -1.61. The molecule has 0 bridgehead atoms. The molecular formula is C14H15ClN2O4S2. The van der Waals surface area contributed by atoms with E-state index in [0.717, 1.165) is 16.2 Å². The Labute approximate surface area is 143 Å². The number of thiophene rings is 1. The number of halogens is 1. The summed E-state index contributed by atoms with van der Waals surface area (Å²) in [5, 5.41) is 3.09. The number of para-hydroxylation sites is 1. The second kappa shape index (κ2) is 7.78. The summed E-state index contributed by atoms with van der Waals surface area (Å²) in [5.74, 6) is 0.110. The number of carbonyl (C=O) groups is 1. The lowest BCUT2D eigenvalue weighted by Crippen LogP contribution is -2.28. The van der Waals surface area contributed by atoms with Gasteiger partial charge in [0, 0.05) is 4.88 Å². The largest absolute Gasteiger partial charge is 0.482 e. The summed E-state index contributed by atoms with van der Waals surface area (Å²) in [7, 11) is -2.10. The van der Waals surface area contributed by atoms with E-state index in [1.54, 1.807) is 30.3 Å². The maximum atomic E-state index is 11.8. The third kappa shape index (κ3) is 4.93. The van der Waals surface area contributed by atoms with Crippen molar-refractivity contribution in [3.8, 4) is 5.75 Å². The number of hydrogen-bond donors (Lipinski definition) is 2. The van der Waals surface area contributed by atoms with Gasteiger partial charge in [0.15, 0.2) is 6.61 Å². The van der Waals surface area contributed by atoms with E-state index < -0.39 is 10.0 Å². The maximum Gasteiger partial charge on any atom is 0.258 e. The summed E-state index contributed by atoms with van der Waals surface area (Å²) in [6, 6.07) is 10.0. The van der Waals surface area contributed by atoms with Gasteiger partial charge in [0.2, 0.25) is 10.0 Å². The van der Waals surface area contributed by atoms with Crippen LogP contribution in [0, 0.1) is 0 Å². The molecular weight excluding hydrogens is 360 g/mol. The van der Waals surface area contributed by atoms with Gasteiger partial charge in [-0.2, -0.15) is 0 Å². The lowest BCUT2D eigenvalue weighted by Gasteiger charge is -2.07. The lowest BCUT2D eigenvalue weighted by atomic mass is 10.3. The van der Waals surface area contributed by atoms with Crippen molar-refractivity contribution in [2.45, 2.75) is 10.8 Å². The maximum absolute atomic E-state index is 11.8. The zero-order chi connectivity index (χ0) is 16.9. The Morgan fingerprint density at radius 2 is 2.00 bits per heavy atom. The SMILES string of the molecule is CNS(=O)(=O)c1ccc(CNC(=O)COc2ccccc2Cl)s1. The predicted molar refractivity (Wildman–Crippen MR) is 89.4 cm³/mol. The summed E-state index contributed by atoms with van der Waals surface area (Å²) in [6.07, 6.45) is 0. The molecule has 23 heavy (non-hydrogen) atoms. The van der Waals surface area contributed by atoms with Crippen LogP contribution >= 0.6 is 22.9 Å². The van der Waals surface area contributed by atoms with E-state index in [2.05, 4.69) is 10.0 Å². The number of amides is 1. The molecule has 0 aliphatic rings. The van der Waals surface area contributed by atoms with Gasteiger partial charge in [0.1, 0.15) is 9.96 Å². The molecule has 0 unspecified atom stereocenters. The molecule has 124 valence electrons. The predicted octanol–water partition coefficient (Wildman–Crippen LogP) is 2.00. The Bertz CT molecular complexity index is 790. The van der Waals surface area contributed by atoms with E-state index in [4.69, 9.17) is 16.3 Å². The van der Waals surface area contributed by atoms with Crippen LogP contribution in [0.25, 0.3) is 0 Å². The molecule has 2 rings (SSSR count). The number of nitrogens with one attached hydrogen (secondary N) is 2. The van der Waals surface area contributed by atoms with Crippen molar-refractivity contribution in [1.29, 1.82) is 0 Å². The molecule has 0 saturated heterocycles. The van der Waals surface area contributed by atoms with Crippen LogP contribution in [0.4, 0.5) is 0 Å². The van der Waals surface area contributed by atoms with Crippen molar-refractivity contribution in [2.24, 2.45) is 0 Å². The highest BCUT2D eigenvalue weighted by molar-refractivity contribution is 7.91. The fourth-order valence-corrected chi connectivity index (χ4v) is 3.96. The molecule has 1 heterocycles. The van der Waals surface area contributed by atoms with Gasteiger partial charge >= 0.3 is 0 Å². The van der Waals surface area contributed by atoms with E-state index in [1.807, 2.05) is 0 Å². The molecule has 0 atom stereocenters. The fourth-order valence-electron chi connectivity index (χ4n) is 1.64. The van der Waals surface area contributed by atoms with Crippen LogP contribution in [0.2, 0.25) is 5.02 Å². The van der Waals surface area contributed by atoms with E-state index in [1.165, 1.54) is 13.1 Å². The second-order valence-corrected chi connectivity index (χ2v) is 8.11. The van der Waals surface area contributed by atoms with Crippen molar-refractivity contribution in [1.82, 2.24) is 10.0 Å². The van der Waals surface area contributed by atoms with Gasteiger partial charge in [-0.3, -0.25) is 4.79 Å². The van der Waals surface area contributed by atoms with E-state index >= 15 is 0 Å². The molecule has 0 aliphatic heterocycles. The second-order valence-electron chi connectivity index (χ2n) is 4.42. The van der Waals surface area contributed by atoms with E-state index in [9.17, 15) is 13.2 Å². The van der Waals surface area contributed by atoms with Gasteiger partial charge in [-0.1, -0.05) is 23.7 Å². The standard InChI is InChI=1S/C14H15ClN2O4S2/c1-16-23(19,20)14-7-6-10(22-14)8-17-13(18)9-21-12-5-3-2-4-11(12)15/h2-7,16H,8-9H2,1H3,(H,17,18). The molecule has 0 spiro atoms. The van der Waals surface area contributed by atoms with Gasteiger partial charge in [0.05, 0.1) is 11.6 Å². The Balaban J connectivity index is 1.84. The molecule has 9 heteroatoms. The third-order valence-electron chi connectivity index (χ3n) is 2.83. The smallest absolute Gasteiger partial charge is 0.258 e. The van der Waals surface area contributed by atoms with Crippen LogP contribution in [0.1, 0.15) is 4.88 Å². The van der Waals surface area contributed by atoms with Crippen LogP contribution < -0.4 is 14.8 Å². The van der Waals surface area contributed by atoms with Crippen molar-refractivity contribution in [2.75, 3.05) is 13.7 Å². The van der Waals surface area contributed by atoms with Gasteiger partial charge in [-0.25, -0.2) is 13.1 Å². The minimum absolute atomic E-state index is 0.170. The van der Waals surface area contributed by atoms with Crippen LogP contribution in [0.3, 0.4) is 0 Å². The number of ether oxygens (including phenoxy) is 1. The van der Waals surface area contributed by atoms with Crippen LogP contribution in [-0.2, 0) is 21.4 Å². The average Bonchev–Trinajstić information content (AvgIpc) is 3.02. The first-order valence-corrected chi connectivity index (χ1v) is 9.26. The van der Waals surface area contributed by atoms with E-state index in [0.29, 0.717) is 10.8 Å². The summed E-state index contributed by atoms with van der Waals surface area (Å²) in [5.41, 5.74) is 0. The molecule has 1 amide bonds. The van der Waals surface area contributed by atoms with Crippen molar-refractivity contribution >= 4 is 38.9 Å². The first-order valence-electron chi connectivity index (χ1n) is 6.58. The first-order chi connectivity index (χ1) is 10.9. The monoisotopic (exact) mass is 374 g/mol. The van der Waals surface area contributed by atoms with Crippen LogP contribution in [0.5, 0.6) is 5.75 Å². The van der Waals surface area contributed by atoms with Gasteiger partial charge < -0.3 is 10.1 Å². The molecule has 0 fully saturated rings. The highest BCUT2D eigenvalue weighted by Gasteiger charge is 2.14. The minimum Gasteiger partial charge on any atom is -0.482 e. The summed E-state index contributed by atoms with van der Waals surface area (Å²) >= 11 is 7.02. The highest BCUT2D eigenvalue weighted by atomic mass is 35.5. The van der Waals surface area contributed by atoms with Crippen LogP contribution in [0.15, 0.2) is 40.6 Å². The third-order valence-corrected chi connectivity index (χ3v) is 6.13. The Morgan fingerprint density at radius 1 is 1.26 bits per heavy atom. The van der Waals surface area contributed by atoms with Crippen molar-refractivity contribution in [3.63, 3.8) is 0 Å². The van der Waals surface area contributed by atoms with Crippen molar-refractivity contribution < 1.29 is 17.9 Å². The van der Waals surface area contributed by atoms with E-state index in [-0.39, 0.29) is 23.3 Å². The topological polar surface area (TPSA) is 84.5 Å². The number of hydrogen-bond acceptors (Lipinski definition) is 5. The zero-order valence-electron chi connectivity index (χ0n) is 12.2. The fraction of sp³-hybridized carbons (Fsp3) is 0.214. The zero-order valence-corrected chi connectivity index (χ0v) is 14.6. The normalized spacial score (nSPS) is 11.2. The number of benzene rings is 1. The molecule has 1 aromatic heterocycles. The molecule has 6 nitrogen and oxygen atoms in total. The molecule has 1 aromatic carbocycles. The quantitative estimate of drug-likeness (QED) is 0.776. The Morgan fingerprint density at radius 3 is 2.70 bits per heavy atom. The van der Waals surface area contributed by atoms with Gasteiger partial charge in [-0.15, -0.1) is 11.3 Å². The first kappa shape index (κ1) is 17.7. The van der Waals surface area contributed by atoms with Gasteiger partial charge in [-0.05, 0) is 31.3 Å². The molecule has 2 N–H and O–H groups in total. The molecule has 0 radical (unpaired) electrons.